The van der Waals surface area contributed by atoms with Gasteiger partial charge in [0.2, 0.25) is 5.43 Å². The number of thioether (sulfide) groups is 1. The lowest BCUT2D eigenvalue weighted by atomic mass is 10.1. The van der Waals surface area contributed by atoms with Crippen LogP contribution in [0.4, 0.5) is 13.2 Å². The number of ether oxygens (including phenoxy) is 1. The summed E-state index contributed by atoms with van der Waals surface area (Å²) in [6, 6.07) is 0.613. The predicted octanol–water partition coefficient (Wildman–Crippen LogP) is 3.22. The van der Waals surface area contributed by atoms with Crippen LogP contribution in [0.5, 0.6) is 0 Å². The van der Waals surface area contributed by atoms with Crippen LogP contribution in [0.3, 0.4) is 0 Å². The van der Waals surface area contributed by atoms with Crippen molar-refractivity contribution in [3.05, 3.63) is 39.3 Å². The SMILES string of the molecule is CCOC(=O)c1c2n(c3c(F)c(F)c(F)cc3c1=O)C(C)S2. The molecule has 116 valence electrons. The molecule has 1 unspecified atom stereocenters. The third kappa shape index (κ3) is 1.86. The lowest BCUT2D eigenvalue weighted by molar-refractivity contribution is 0.0518. The number of hydrogen-bond donors (Lipinski definition) is 0. The Balaban J connectivity index is 2.46. The van der Waals surface area contributed by atoms with Gasteiger partial charge in [0, 0.05) is 0 Å². The van der Waals surface area contributed by atoms with Crippen molar-refractivity contribution in [2.75, 3.05) is 6.61 Å². The van der Waals surface area contributed by atoms with Crippen molar-refractivity contribution in [2.45, 2.75) is 24.2 Å². The molecule has 0 radical (unpaired) electrons. The van der Waals surface area contributed by atoms with Crippen LogP contribution in [0.2, 0.25) is 0 Å². The smallest absolute Gasteiger partial charge is 0.344 e. The van der Waals surface area contributed by atoms with Crippen molar-refractivity contribution < 1.29 is 22.7 Å². The van der Waals surface area contributed by atoms with E-state index >= 15 is 0 Å². The fourth-order valence-electron chi connectivity index (χ4n) is 2.46. The summed E-state index contributed by atoms with van der Waals surface area (Å²) in [6.45, 7) is 3.33. The molecule has 0 spiro atoms. The van der Waals surface area contributed by atoms with E-state index in [1.165, 1.54) is 4.57 Å². The second-order valence-electron chi connectivity index (χ2n) is 4.70. The number of aromatic nitrogens is 1. The molecule has 0 fully saturated rings. The molecule has 0 bridgehead atoms. The van der Waals surface area contributed by atoms with Crippen molar-refractivity contribution in [2.24, 2.45) is 0 Å². The molecule has 3 rings (SSSR count). The van der Waals surface area contributed by atoms with Gasteiger partial charge >= 0.3 is 5.97 Å². The predicted molar refractivity (Wildman–Crippen MR) is 74.6 cm³/mol. The van der Waals surface area contributed by atoms with E-state index in [1.807, 2.05) is 0 Å². The van der Waals surface area contributed by atoms with Crippen LogP contribution in [0, 0.1) is 17.5 Å². The van der Waals surface area contributed by atoms with Crippen molar-refractivity contribution >= 4 is 28.6 Å². The van der Waals surface area contributed by atoms with Gasteiger partial charge in [-0.3, -0.25) is 4.79 Å². The molecule has 1 aliphatic heterocycles. The fraction of sp³-hybridized carbons (Fsp3) is 0.286. The minimum absolute atomic E-state index is 0.0576. The topological polar surface area (TPSA) is 48.3 Å². The maximum Gasteiger partial charge on any atom is 0.344 e. The Kier molecular flexibility index (Phi) is 3.43. The summed E-state index contributed by atoms with van der Waals surface area (Å²) in [7, 11) is 0. The molecule has 0 amide bonds. The number of carbonyl (C=O) groups excluding carboxylic acids is 1. The molecule has 2 heterocycles. The van der Waals surface area contributed by atoms with Crippen LogP contribution < -0.4 is 5.43 Å². The highest BCUT2D eigenvalue weighted by Gasteiger charge is 2.35. The van der Waals surface area contributed by atoms with Crippen LogP contribution >= 0.6 is 11.8 Å². The molecule has 1 atom stereocenters. The van der Waals surface area contributed by atoms with Gasteiger partial charge in [0.1, 0.15) is 5.56 Å². The Labute approximate surface area is 126 Å². The van der Waals surface area contributed by atoms with Gasteiger partial charge in [-0.2, -0.15) is 0 Å². The van der Waals surface area contributed by atoms with Gasteiger partial charge in [0.15, 0.2) is 17.5 Å². The minimum atomic E-state index is -1.64. The summed E-state index contributed by atoms with van der Waals surface area (Å²) in [6.07, 6.45) is 0. The molecule has 0 saturated heterocycles. The molecule has 0 aliphatic carbocycles. The molecule has 1 aromatic carbocycles. The largest absolute Gasteiger partial charge is 0.462 e. The van der Waals surface area contributed by atoms with Gasteiger partial charge in [-0.1, -0.05) is 11.8 Å². The number of hydrogen-bond acceptors (Lipinski definition) is 4. The van der Waals surface area contributed by atoms with E-state index < -0.39 is 28.8 Å². The van der Waals surface area contributed by atoms with E-state index in [9.17, 15) is 22.8 Å². The summed E-state index contributed by atoms with van der Waals surface area (Å²) < 4.78 is 47.1. The van der Waals surface area contributed by atoms with Gasteiger partial charge in [-0.25, -0.2) is 18.0 Å². The number of esters is 1. The first kappa shape index (κ1) is 15.0. The van der Waals surface area contributed by atoms with E-state index in [4.69, 9.17) is 4.74 Å². The summed E-state index contributed by atoms with van der Waals surface area (Å²) in [5.41, 5.74) is -1.47. The van der Waals surface area contributed by atoms with E-state index in [2.05, 4.69) is 0 Å². The van der Waals surface area contributed by atoms with Crippen molar-refractivity contribution in [1.29, 1.82) is 0 Å². The average Bonchev–Trinajstić information content (AvgIpc) is 2.46. The molecule has 4 nitrogen and oxygen atoms in total. The maximum atomic E-state index is 14.1. The molecular weight excluding hydrogens is 319 g/mol. The van der Waals surface area contributed by atoms with Gasteiger partial charge in [-0.05, 0) is 19.9 Å². The summed E-state index contributed by atoms with van der Waals surface area (Å²) >= 11 is 1.16. The number of carbonyl (C=O) groups is 1. The zero-order chi connectivity index (χ0) is 16.2. The highest BCUT2D eigenvalue weighted by molar-refractivity contribution is 8.00. The zero-order valence-corrected chi connectivity index (χ0v) is 12.4. The van der Waals surface area contributed by atoms with E-state index in [0.717, 1.165) is 11.8 Å². The number of pyridine rings is 1. The lowest BCUT2D eigenvalue weighted by Gasteiger charge is -2.33. The van der Waals surface area contributed by atoms with Crippen molar-refractivity contribution in [3.63, 3.8) is 0 Å². The normalized spacial score (nSPS) is 16.3. The Hall–Kier alpha value is -1.96. The summed E-state index contributed by atoms with van der Waals surface area (Å²) in [4.78, 5) is 24.3. The molecular formula is C14H10F3NO3S. The Morgan fingerprint density at radius 3 is 2.64 bits per heavy atom. The molecule has 2 aromatic rings. The van der Waals surface area contributed by atoms with Crippen LogP contribution in [0.25, 0.3) is 10.9 Å². The van der Waals surface area contributed by atoms with Gasteiger partial charge < -0.3 is 9.30 Å². The van der Waals surface area contributed by atoms with Crippen molar-refractivity contribution in [1.82, 2.24) is 4.57 Å². The average molecular weight is 329 g/mol. The Morgan fingerprint density at radius 2 is 2.05 bits per heavy atom. The first-order valence-corrected chi connectivity index (χ1v) is 7.35. The van der Waals surface area contributed by atoms with Crippen LogP contribution in [-0.2, 0) is 4.74 Å². The first-order chi connectivity index (χ1) is 10.4. The second kappa shape index (κ2) is 5.05. The number of nitrogens with zero attached hydrogens (tertiary/aromatic N) is 1. The third-order valence-corrected chi connectivity index (χ3v) is 4.58. The Morgan fingerprint density at radius 1 is 1.36 bits per heavy atom. The molecule has 1 aliphatic rings. The Bertz CT molecular complexity index is 878. The van der Waals surface area contributed by atoms with Gasteiger partial charge in [-0.15, -0.1) is 0 Å². The zero-order valence-electron chi connectivity index (χ0n) is 11.6. The molecule has 1 aromatic heterocycles. The number of halogens is 3. The van der Waals surface area contributed by atoms with Crippen molar-refractivity contribution in [3.8, 4) is 0 Å². The van der Waals surface area contributed by atoms with Crippen LogP contribution in [0.15, 0.2) is 15.9 Å². The van der Waals surface area contributed by atoms with Gasteiger partial charge in [0.25, 0.3) is 0 Å². The molecule has 0 saturated carbocycles. The monoisotopic (exact) mass is 329 g/mol. The number of benzene rings is 1. The van der Waals surface area contributed by atoms with E-state index in [-0.39, 0.29) is 33.5 Å². The summed E-state index contributed by atoms with van der Waals surface area (Å²) in [5, 5.41) is -0.491. The fourth-order valence-corrected chi connectivity index (χ4v) is 3.59. The molecule has 22 heavy (non-hydrogen) atoms. The maximum absolute atomic E-state index is 14.1. The first-order valence-electron chi connectivity index (χ1n) is 6.48. The number of rotatable bonds is 2. The third-order valence-electron chi connectivity index (χ3n) is 3.41. The van der Waals surface area contributed by atoms with E-state index in [1.54, 1.807) is 13.8 Å². The standard InChI is InChI=1S/C14H10F3NO3S/c1-3-21-14(20)8-12(19)6-4-7(15)9(16)10(17)11(6)18-5(2)22-13(8)18/h4-5H,3H2,1-2H3. The quantitative estimate of drug-likeness (QED) is 0.627. The summed E-state index contributed by atoms with van der Waals surface area (Å²) in [5.74, 6) is -5.41. The van der Waals surface area contributed by atoms with Crippen LogP contribution in [-0.4, -0.2) is 17.1 Å². The van der Waals surface area contributed by atoms with Gasteiger partial charge in [0.05, 0.1) is 27.9 Å². The highest BCUT2D eigenvalue weighted by atomic mass is 32.2. The van der Waals surface area contributed by atoms with E-state index in [0.29, 0.717) is 6.07 Å². The van der Waals surface area contributed by atoms with Crippen LogP contribution in [0.1, 0.15) is 29.6 Å². The second-order valence-corrected chi connectivity index (χ2v) is 6.00. The molecule has 0 N–H and O–H groups in total. The lowest BCUT2D eigenvalue weighted by Crippen LogP contribution is -2.30. The molecule has 8 heteroatoms. The number of fused-ring (bicyclic) bond motifs is 3. The highest BCUT2D eigenvalue weighted by Crippen LogP contribution is 2.46. The minimum Gasteiger partial charge on any atom is -0.462 e.